The molecule has 2 aliphatic rings. The van der Waals surface area contributed by atoms with Crippen LogP contribution >= 0.6 is 11.8 Å². The number of carbonyl (C=O) groups excluding carboxylic acids is 1. The number of esters is 1. The van der Waals surface area contributed by atoms with Crippen LogP contribution in [0.2, 0.25) is 0 Å². The highest BCUT2D eigenvalue weighted by Gasteiger charge is 2.35. The molecule has 2 heterocycles. The molecule has 6 heteroatoms. The van der Waals surface area contributed by atoms with Crippen molar-refractivity contribution >= 4 is 23.4 Å². The zero-order chi connectivity index (χ0) is 13.4. The van der Waals surface area contributed by atoms with Crippen LogP contribution in [-0.4, -0.2) is 26.2 Å². The monoisotopic (exact) mass is 278 g/mol. The molecule has 0 fully saturated rings. The molecular formula is C13H14N2O3S. The summed E-state index contributed by atoms with van der Waals surface area (Å²) in [4.78, 5) is 12.7. The third kappa shape index (κ3) is 1.97. The molecule has 3 rings (SSSR count). The molecule has 5 nitrogen and oxygen atoms in total. The van der Waals surface area contributed by atoms with Gasteiger partial charge in [-0.25, -0.2) is 10.2 Å². The number of nitrogens with one attached hydrogen (secondary N) is 2. The van der Waals surface area contributed by atoms with Crippen molar-refractivity contribution < 1.29 is 14.3 Å². The second-order valence-electron chi connectivity index (χ2n) is 4.28. The van der Waals surface area contributed by atoms with Crippen LogP contribution in [-0.2, 0) is 15.3 Å². The predicted octanol–water partition coefficient (Wildman–Crippen LogP) is 1.26. The van der Waals surface area contributed by atoms with Crippen molar-refractivity contribution in [2.75, 3.05) is 14.2 Å². The van der Waals surface area contributed by atoms with Crippen LogP contribution in [0.5, 0.6) is 5.75 Å². The van der Waals surface area contributed by atoms with E-state index in [0.717, 1.165) is 27.7 Å². The number of hydrogen-bond acceptors (Lipinski definition) is 6. The number of ether oxygens (including phenoxy) is 2. The Morgan fingerprint density at radius 3 is 3.00 bits per heavy atom. The number of thioether (sulfide) groups is 1. The lowest BCUT2D eigenvalue weighted by atomic mass is 10.0. The van der Waals surface area contributed by atoms with E-state index in [0.29, 0.717) is 0 Å². The van der Waals surface area contributed by atoms with E-state index in [4.69, 9.17) is 9.47 Å². The van der Waals surface area contributed by atoms with Crippen molar-refractivity contribution in [2.24, 2.45) is 0 Å². The summed E-state index contributed by atoms with van der Waals surface area (Å²) in [6.45, 7) is 0. The molecule has 0 spiro atoms. The van der Waals surface area contributed by atoms with Crippen LogP contribution in [0, 0.1) is 0 Å². The van der Waals surface area contributed by atoms with E-state index in [-0.39, 0.29) is 5.97 Å². The van der Waals surface area contributed by atoms with Crippen molar-refractivity contribution in [2.45, 2.75) is 11.8 Å². The second kappa shape index (κ2) is 4.79. The van der Waals surface area contributed by atoms with Gasteiger partial charge in [-0.3, -0.25) is 0 Å². The van der Waals surface area contributed by atoms with Gasteiger partial charge in [-0.2, -0.15) is 0 Å². The van der Waals surface area contributed by atoms with Gasteiger partial charge in [0.15, 0.2) is 6.04 Å². The van der Waals surface area contributed by atoms with Crippen LogP contribution in [0.3, 0.4) is 0 Å². The molecule has 2 aliphatic heterocycles. The maximum absolute atomic E-state index is 11.7. The minimum absolute atomic E-state index is 0.276. The smallest absolute Gasteiger partial charge is 0.329 e. The van der Waals surface area contributed by atoms with Gasteiger partial charge in [0.2, 0.25) is 0 Å². The molecule has 2 N–H and O–H groups in total. The summed E-state index contributed by atoms with van der Waals surface area (Å²) < 4.78 is 10.0. The Hall–Kier alpha value is -1.66. The third-order valence-corrected chi connectivity index (χ3v) is 4.46. The molecule has 19 heavy (non-hydrogen) atoms. The van der Waals surface area contributed by atoms with E-state index in [1.54, 1.807) is 18.9 Å². The van der Waals surface area contributed by atoms with Gasteiger partial charge in [-0.15, -0.1) is 11.8 Å². The van der Waals surface area contributed by atoms with E-state index < -0.39 is 6.04 Å². The van der Waals surface area contributed by atoms with Crippen LogP contribution in [0.25, 0.3) is 5.70 Å². The highest BCUT2D eigenvalue weighted by Crippen LogP contribution is 2.41. The summed E-state index contributed by atoms with van der Waals surface area (Å²) in [6, 6.07) is 5.55. The van der Waals surface area contributed by atoms with Gasteiger partial charge in [0.25, 0.3) is 0 Å². The predicted molar refractivity (Wildman–Crippen MR) is 73.3 cm³/mol. The van der Waals surface area contributed by atoms with Crippen LogP contribution in [0.15, 0.2) is 23.1 Å². The Bertz CT molecular complexity index is 571. The fourth-order valence-electron chi connectivity index (χ4n) is 2.27. The molecule has 0 aliphatic carbocycles. The van der Waals surface area contributed by atoms with Gasteiger partial charge in [0, 0.05) is 16.2 Å². The van der Waals surface area contributed by atoms with E-state index in [9.17, 15) is 4.79 Å². The quantitative estimate of drug-likeness (QED) is 0.794. The van der Waals surface area contributed by atoms with Crippen LogP contribution < -0.4 is 15.6 Å². The van der Waals surface area contributed by atoms with Crippen molar-refractivity contribution in [1.29, 1.82) is 0 Å². The van der Waals surface area contributed by atoms with Crippen molar-refractivity contribution in [3.63, 3.8) is 0 Å². The van der Waals surface area contributed by atoms with Gasteiger partial charge in [0.1, 0.15) is 5.75 Å². The Morgan fingerprint density at radius 2 is 2.26 bits per heavy atom. The van der Waals surface area contributed by atoms with E-state index >= 15 is 0 Å². The first-order valence-corrected chi connectivity index (χ1v) is 6.86. The maximum atomic E-state index is 11.7. The van der Waals surface area contributed by atoms with Crippen LogP contribution in [0.4, 0.5) is 0 Å². The van der Waals surface area contributed by atoms with E-state index in [1.807, 2.05) is 18.2 Å². The standard InChI is InChI=1S/C13H14N2O3S/c1-17-8-3-4-9-7(5-8)6-19-12-10(9)14-15-11(12)13(16)18-2/h3-5,11,14-15H,6H2,1-2H3. The molecule has 0 saturated heterocycles. The van der Waals surface area contributed by atoms with Gasteiger partial charge in [-0.05, 0) is 23.8 Å². The molecule has 0 radical (unpaired) electrons. The van der Waals surface area contributed by atoms with Gasteiger partial charge in [-0.1, -0.05) is 0 Å². The first-order chi connectivity index (χ1) is 9.24. The molecule has 100 valence electrons. The van der Waals surface area contributed by atoms with Crippen molar-refractivity contribution in [3.05, 3.63) is 34.2 Å². The summed E-state index contributed by atoms with van der Waals surface area (Å²) in [5.41, 5.74) is 9.32. The van der Waals surface area contributed by atoms with Gasteiger partial charge >= 0.3 is 5.97 Å². The number of fused-ring (bicyclic) bond motifs is 2. The third-order valence-electron chi connectivity index (χ3n) is 3.25. The fourth-order valence-corrected chi connectivity index (χ4v) is 3.45. The Labute approximate surface area is 115 Å². The zero-order valence-electron chi connectivity index (χ0n) is 10.6. The Kier molecular flexibility index (Phi) is 3.12. The highest BCUT2D eigenvalue weighted by atomic mass is 32.2. The molecule has 1 aromatic rings. The second-order valence-corrected chi connectivity index (χ2v) is 5.29. The normalized spacial score (nSPS) is 20.4. The van der Waals surface area contributed by atoms with Crippen LogP contribution in [0.1, 0.15) is 11.1 Å². The van der Waals surface area contributed by atoms with E-state index in [2.05, 4.69) is 10.9 Å². The molecular weight excluding hydrogens is 264 g/mol. The zero-order valence-corrected chi connectivity index (χ0v) is 11.5. The first-order valence-electron chi connectivity index (χ1n) is 5.88. The molecule has 1 atom stereocenters. The molecule has 0 saturated carbocycles. The minimum Gasteiger partial charge on any atom is -0.497 e. The lowest BCUT2D eigenvalue weighted by Gasteiger charge is -2.19. The summed E-state index contributed by atoms with van der Waals surface area (Å²) in [7, 11) is 3.06. The first kappa shape index (κ1) is 12.4. The lowest BCUT2D eigenvalue weighted by molar-refractivity contribution is -0.141. The Balaban J connectivity index is 2.00. The largest absolute Gasteiger partial charge is 0.497 e. The SMILES string of the molecule is COC(=O)C1NNC2=C1SCc1cc(OC)ccc12. The van der Waals surface area contributed by atoms with Crippen molar-refractivity contribution in [1.82, 2.24) is 10.9 Å². The van der Waals surface area contributed by atoms with Gasteiger partial charge in [0.05, 0.1) is 19.9 Å². The minimum atomic E-state index is -0.416. The highest BCUT2D eigenvalue weighted by molar-refractivity contribution is 8.02. The number of hydrogen-bond donors (Lipinski definition) is 2. The fraction of sp³-hybridized carbons (Fsp3) is 0.308. The summed E-state index contributed by atoms with van der Waals surface area (Å²) in [5, 5.41) is 0. The number of carbonyl (C=O) groups is 1. The average Bonchev–Trinajstić information content (AvgIpc) is 2.89. The summed E-state index contributed by atoms with van der Waals surface area (Å²) in [5.74, 6) is 1.39. The number of methoxy groups -OCH3 is 2. The molecule has 1 unspecified atom stereocenters. The number of benzene rings is 1. The van der Waals surface area contributed by atoms with Crippen molar-refractivity contribution in [3.8, 4) is 5.75 Å². The summed E-state index contributed by atoms with van der Waals surface area (Å²) >= 11 is 1.65. The Morgan fingerprint density at radius 1 is 1.42 bits per heavy atom. The van der Waals surface area contributed by atoms with E-state index in [1.165, 1.54) is 12.7 Å². The average molecular weight is 278 g/mol. The maximum Gasteiger partial charge on any atom is 0.329 e. The molecule has 1 aromatic carbocycles. The molecule has 0 bridgehead atoms. The lowest BCUT2D eigenvalue weighted by Crippen LogP contribution is -2.39. The molecule has 0 amide bonds. The number of rotatable bonds is 2. The topological polar surface area (TPSA) is 59.6 Å². The summed E-state index contributed by atoms with van der Waals surface area (Å²) in [6.07, 6.45) is 0. The van der Waals surface area contributed by atoms with Gasteiger partial charge < -0.3 is 14.9 Å². The molecule has 0 aromatic heterocycles. The number of hydrazine groups is 1.